The molecule has 0 aliphatic carbocycles. The summed E-state index contributed by atoms with van der Waals surface area (Å²) in [5.41, 5.74) is -2.28. The third kappa shape index (κ3) is 5.22. The van der Waals surface area contributed by atoms with Gasteiger partial charge < -0.3 is 14.6 Å². The summed E-state index contributed by atoms with van der Waals surface area (Å²) in [7, 11) is 0. The molecule has 1 aromatic rings. The van der Waals surface area contributed by atoms with Gasteiger partial charge in [0, 0.05) is 0 Å². The summed E-state index contributed by atoms with van der Waals surface area (Å²) in [6.07, 6.45) is 4.52. The monoisotopic (exact) mass is 410 g/mol. The topological polar surface area (TPSA) is 72.8 Å². The minimum atomic E-state index is -2.34. The average Bonchev–Trinajstić information content (AvgIpc) is 2.86. The number of rotatable bonds is 5. The standard InChI is InChI=1S/C20H20Cl2O5/c1-19(2,3)27-18(24)20(25,16-14(21)15(22)17(23)26-16)12-8-7-11-13-9-5-4-6-10-13/h4-12,16,25H,1-3H3/b11-7+,12-8+/t16-,20+/m1/s1. The number of carbonyl (C=O) groups excluding carboxylic acids is 2. The zero-order valence-corrected chi connectivity index (χ0v) is 16.6. The molecule has 27 heavy (non-hydrogen) atoms. The van der Waals surface area contributed by atoms with Crippen LogP contribution < -0.4 is 0 Å². The summed E-state index contributed by atoms with van der Waals surface area (Å²) in [4.78, 5) is 24.3. The van der Waals surface area contributed by atoms with Gasteiger partial charge in [-0.05, 0) is 32.4 Å². The summed E-state index contributed by atoms with van der Waals surface area (Å²) in [5.74, 6) is -1.93. The molecular formula is C20H20Cl2O5. The Morgan fingerprint density at radius 2 is 1.81 bits per heavy atom. The maximum absolute atomic E-state index is 12.6. The maximum Gasteiger partial charge on any atom is 0.351 e. The first kappa shape index (κ1) is 21.2. The van der Waals surface area contributed by atoms with Gasteiger partial charge >= 0.3 is 11.9 Å². The van der Waals surface area contributed by atoms with Gasteiger partial charge in [0.2, 0.25) is 5.60 Å². The fourth-order valence-electron chi connectivity index (χ4n) is 2.26. The molecule has 1 N–H and O–H groups in total. The number of carbonyl (C=O) groups is 2. The second-order valence-electron chi connectivity index (χ2n) is 6.90. The van der Waals surface area contributed by atoms with E-state index >= 15 is 0 Å². The molecule has 0 amide bonds. The van der Waals surface area contributed by atoms with Gasteiger partial charge in [0.15, 0.2) is 6.10 Å². The van der Waals surface area contributed by atoms with Crippen LogP contribution in [-0.2, 0) is 19.1 Å². The Balaban J connectivity index is 2.32. The molecule has 1 heterocycles. The van der Waals surface area contributed by atoms with Crippen LogP contribution >= 0.6 is 23.2 Å². The third-order valence-electron chi connectivity index (χ3n) is 3.52. The quantitative estimate of drug-likeness (QED) is 0.587. The molecule has 0 saturated carbocycles. The summed E-state index contributed by atoms with van der Waals surface area (Å²) in [6.45, 7) is 4.94. The molecule has 7 heteroatoms. The number of esters is 2. The van der Waals surface area contributed by atoms with Crippen molar-refractivity contribution in [3.8, 4) is 0 Å². The number of hydrogen-bond donors (Lipinski definition) is 1. The highest BCUT2D eigenvalue weighted by Crippen LogP contribution is 2.37. The molecule has 5 nitrogen and oxygen atoms in total. The van der Waals surface area contributed by atoms with Crippen LogP contribution in [0.2, 0.25) is 0 Å². The number of halogens is 2. The predicted octanol–water partition coefficient (Wildman–Crippen LogP) is 3.94. The molecule has 1 aliphatic heterocycles. The van der Waals surface area contributed by atoms with Crippen LogP contribution in [-0.4, -0.2) is 34.4 Å². The summed E-state index contributed by atoms with van der Waals surface area (Å²) < 4.78 is 10.3. The van der Waals surface area contributed by atoms with Crippen LogP contribution in [0.3, 0.4) is 0 Å². The van der Waals surface area contributed by atoms with E-state index < -0.39 is 29.2 Å². The molecule has 2 atom stereocenters. The molecule has 1 aliphatic rings. The van der Waals surface area contributed by atoms with E-state index in [1.807, 2.05) is 30.3 Å². The lowest BCUT2D eigenvalue weighted by Gasteiger charge is -2.31. The van der Waals surface area contributed by atoms with Crippen LogP contribution in [0.25, 0.3) is 6.08 Å². The second kappa shape index (κ2) is 8.30. The SMILES string of the molecule is CC(C)(C)OC(=O)[C@](O)(/C=C/C=C/c1ccccc1)[C@@H]1OC(=O)C(Cl)=C1Cl. The molecule has 0 bridgehead atoms. The second-order valence-corrected chi connectivity index (χ2v) is 7.69. The number of aliphatic hydroxyl groups is 1. The van der Waals surface area contributed by atoms with Crippen LogP contribution in [0.5, 0.6) is 0 Å². The van der Waals surface area contributed by atoms with E-state index in [0.29, 0.717) is 0 Å². The van der Waals surface area contributed by atoms with Crippen molar-refractivity contribution in [1.29, 1.82) is 0 Å². The smallest absolute Gasteiger partial charge is 0.351 e. The Bertz CT molecular complexity index is 805. The zero-order valence-electron chi connectivity index (χ0n) is 15.1. The van der Waals surface area contributed by atoms with E-state index in [0.717, 1.165) is 11.6 Å². The Labute approximate surface area is 167 Å². The largest absolute Gasteiger partial charge is 0.457 e. The van der Waals surface area contributed by atoms with E-state index in [4.69, 9.17) is 32.7 Å². The molecule has 0 saturated heterocycles. The van der Waals surface area contributed by atoms with E-state index in [1.165, 1.54) is 6.08 Å². The molecule has 0 radical (unpaired) electrons. The van der Waals surface area contributed by atoms with Gasteiger partial charge in [-0.3, -0.25) is 0 Å². The van der Waals surface area contributed by atoms with Crippen molar-refractivity contribution in [2.45, 2.75) is 38.1 Å². The van der Waals surface area contributed by atoms with Gasteiger partial charge in [0.1, 0.15) is 10.6 Å². The lowest BCUT2D eigenvalue weighted by atomic mass is 9.95. The lowest BCUT2D eigenvalue weighted by Crippen LogP contribution is -2.51. The first-order chi connectivity index (χ1) is 12.5. The molecule has 1 aromatic carbocycles. The highest BCUT2D eigenvalue weighted by Gasteiger charge is 2.52. The highest BCUT2D eigenvalue weighted by atomic mass is 35.5. The van der Waals surface area contributed by atoms with Crippen molar-refractivity contribution in [3.63, 3.8) is 0 Å². The molecular weight excluding hydrogens is 391 g/mol. The van der Waals surface area contributed by atoms with Crippen molar-refractivity contribution in [2.75, 3.05) is 0 Å². The van der Waals surface area contributed by atoms with Crippen molar-refractivity contribution < 1.29 is 24.2 Å². The van der Waals surface area contributed by atoms with Crippen LogP contribution in [0.15, 0.2) is 58.6 Å². The van der Waals surface area contributed by atoms with Gasteiger partial charge in [-0.25, -0.2) is 9.59 Å². The number of hydrogen-bond acceptors (Lipinski definition) is 5. The van der Waals surface area contributed by atoms with Crippen LogP contribution in [0.1, 0.15) is 26.3 Å². The zero-order chi connectivity index (χ0) is 20.2. The first-order valence-electron chi connectivity index (χ1n) is 8.17. The molecule has 0 fully saturated rings. The maximum atomic E-state index is 12.6. The van der Waals surface area contributed by atoms with Gasteiger partial charge in [-0.1, -0.05) is 71.8 Å². The Hall–Kier alpha value is -2.08. The molecule has 0 spiro atoms. The van der Waals surface area contributed by atoms with Gasteiger partial charge in [-0.2, -0.15) is 0 Å². The van der Waals surface area contributed by atoms with Crippen LogP contribution in [0.4, 0.5) is 0 Å². The van der Waals surface area contributed by atoms with Gasteiger partial charge in [-0.15, -0.1) is 0 Å². The Morgan fingerprint density at radius 3 is 2.33 bits per heavy atom. The number of benzene rings is 1. The Morgan fingerprint density at radius 1 is 1.19 bits per heavy atom. The minimum absolute atomic E-state index is 0.258. The van der Waals surface area contributed by atoms with E-state index in [-0.39, 0.29) is 10.1 Å². The fraction of sp³-hybridized carbons (Fsp3) is 0.300. The predicted molar refractivity (Wildman–Crippen MR) is 104 cm³/mol. The highest BCUT2D eigenvalue weighted by molar-refractivity contribution is 6.48. The van der Waals surface area contributed by atoms with Crippen molar-refractivity contribution in [1.82, 2.24) is 0 Å². The molecule has 144 valence electrons. The summed E-state index contributed by atoms with van der Waals surface area (Å²) in [5, 5.41) is 10.4. The van der Waals surface area contributed by atoms with Crippen molar-refractivity contribution >= 4 is 41.2 Å². The van der Waals surface area contributed by atoms with E-state index in [2.05, 4.69) is 0 Å². The van der Waals surface area contributed by atoms with Gasteiger partial charge in [0.25, 0.3) is 0 Å². The van der Waals surface area contributed by atoms with E-state index in [1.54, 1.807) is 32.9 Å². The molecule has 0 aromatic heterocycles. The number of ether oxygens (including phenoxy) is 2. The van der Waals surface area contributed by atoms with Crippen LogP contribution in [0, 0.1) is 0 Å². The minimum Gasteiger partial charge on any atom is -0.457 e. The van der Waals surface area contributed by atoms with E-state index in [9.17, 15) is 14.7 Å². The first-order valence-corrected chi connectivity index (χ1v) is 8.93. The fourth-order valence-corrected chi connectivity index (χ4v) is 2.69. The average molecular weight is 411 g/mol. The summed E-state index contributed by atoms with van der Waals surface area (Å²) in [6, 6.07) is 9.43. The van der Waals surface area contributed by atoms with Gasteiger partial charge in [0.05, 0.1) is 5.03 Å². The van der Waals surface area contributed by atoms with Crippen molar-refractivity contribution in [2.24, 2.45) is 0 Å². The number of cyclic esters (lactones) is 1. The molecule has 2 rings (SSSR count). The Kier molecular flexibility index (Phi) is 6.52. The number of allylic oxidation sites excluding steroid dienone is 2. The molecule has 0 unspecified atom stereocenters. The lowest BCUT2D eigenvalue weighted by molar-refractivity contribution is -0.182. The normalized spacial score (nSPS) is 20.2. The third-order valence-corrected chi connectivity index (χ3v) is 4.36. The summed E-state index contributed by atoms with van der Waals surface area (Å²) >= 11 is 11.8. The van der Waals surface area contributed by atoms with Crippen molar-refractivity contribution in [3.05, 3.63) is 64.2 Å².